The van der Waals surface area contributed by atoms with Crippen molar-refractivity contribution in [3.63, 3.8) is 0 Å². The Kier molecular flexibility index (Phi) is 5.56. The summed E-state index contributed by atoms with van der Waals surface area (Å²) in [4.78, 5) is 0. The molecule has 0 aromatic rings. The normalized spacial score (nSPS) is 33.5. The number of rotatable bonds is 5. The van der Waals surface area contributed by atoms with Gasteiger partial charge in [-0.3, -0.25) is 0 Å². The zero-order valence-corrected chi connectivity index (χ0v) is 12.5. The lowest BCUT2D eigenvalue weighted by Gasteiger charge is -2.44. The zero-order valence-electron chi connectivity index (χ0n) is 12.5. The summed E-state index contributed by atoms with van der Waals surface area (Å²) in [6.45, 7) is 7.28. The highest BCUT2D eigenvalue weighted by Gasteiger charge is 2.43. The molecule has 0 radical (unpaired) electrons. The Morgan fingerprint density at radius 3 is 2.63 bits per heavy atom. The highest BCUT2D eigenvalue weighted by Crippen LogP contribution is 2.35. The van der Waals surface area contributed by atoms with E-state index in [1.165, 1.54) is 0 Å². The molecule has 1 heterocycles. The van der Waals surface area contributed by atoms with Crippen molar-refractivity contribution in [2.24, 2.45) is 0 Å². The van der Waals surface area contributed by atoms with Crippen molar-refractivity contribution in [3.8, 4) is 0 Å². The minimum atomic E-state index is -0.884. The molecule has 0 aliphatic carbocycles. The van der Waals surface area contributed by atoms with Crippen molar-refractivity contribution in [2.45, 2.75) is 76.8 Å². The molecule has 4 heteroatoms. The number of hydrogen-bond acceptors (Lipinski definition) is 4. The maximum Gasteiger partial charge on any atom is 0.0881 e. The summed E-state index contributed by atoms with van der Waals surface area (Å²) >= 11 is 0. The second kappa shape index (κ2) is 6.35. The van der Waals surface area contributed by atoms with E-state index in [2.05, 4.69) is 0 Å². The van der Waals surface area contributed by atoms with Gasteiger partial charge in [-0.15, -0.1) is 0 Å². The van der Waals surface area contributed by atoms with Crippen molar-refractivity contribution in [1.29, 1.82) is 0 Å². The fourth-order valence-electron chi connectivity index (χ4n) is 2.51. The largest absolute Gasteiger partial charge is 0.392 e. The molecule has 0 saturated carbocycles. The van der Waals surface area contributed by atoms with E-state index in [0.717, 1.165) is 12.0 Å². The van der Waals surface area contributed by atoms with Gasteiger partial charge in [0.1, 0.15) is 0 Å². The maximum absolute atomic E-state index is 10.4. The molecule has 1 aliphatic heterocycles. The Morgan fingerprint density at radius 1 is 1.47 bits per heavy atom. The van der Waals surface area contributed by atoms with Crippen LogP contribution < -0.4 is 0 Å². The van der Waals surface area contributed by atoms with Gasteiger partial charge >= 0.3 is 0 Å². The Morgan fingerprint density at radius 2 is 2.11 bits per heavy atom. The first kappa shape index (κ1) is 16.6. The number of aliphatic hydroxyl groups is 3. The van der Waals surface area contributed by atoms with Gasteiger partial charge in [-0.1, -0.05) is 11.6 Å². The van der Waals surface area contributed by atoms with E-state index in [9.17, 15) is 10.2 Å². The number of allylic oxidation sites excluding steroid dienone is 1. The third kappa shape index (κ3) is 4.88. The lowest BCUT2D eigenvalue weighted by molar-refractivity contribution is -0.210. The molecule has 19 heavy (non-hydrogen) atoms. The summed E-state index contributed by atoms with van der Waals surface area (Å²) in [5.74, 6) is 0. The van der Waals surface area contributed by atoms with Gasteiger partial charge in [0, 0.05) is 0 Å². The van der Waals surface area contributed by atoms with E-state index in [-0.39, 0.29) is 18.8 Å². The van der Waals surface area contributed by atoms with E-state index in [1.807, 2.05) is 6.92 Å². The molecular formula is C15H28O4. The smallest absolute Gasteiger partial charge is 0.0881 e. The Balaban J connectivity index is 2.64. The van der Waals surface area contributed by atoms with E-state index >= 15 is 0 Å². The van der Waals surface area contributed by atoms with Crippen LogP contribution in [-0.2, 0) is 4.74 Å². The van der Waals surface area contributed by atoms with Gasteiger partial charge < -0.3 is 20.1 Å². The molecule has 3 atom stereocenters. The van der Waals surface area contributed by atoms with Crippen LogP contribution in [0.5, 0.6) is 0 Å². The summed E-state index contributed by atoms with van der Waals surface area (Å²) < 4.78 is 5.90. The molecule has 0 aromatic heterocycles. The van der Waals surface area contributed by atoms with Crippen LogP contribution in [0.1, 0.15) is 53.4 Å². The first-order valence-electron chi connectivity index (χ1n) is 7.03. The predicted molar refractivity (Wildman–Crippen MR) is 74.9 cm³/mol. The van der Waals surface area contributed by atoms with Crippen LogP contribution in [0.2, 0.25) is 0 Å². The molecule has 3 N–H and O–H groups in total. The molecule has 1 rings (SSSR count). The van der Waals surface area contributed by atoms with Gasteiger partial charge in [-0.25, -0.2) is 0 Å². The first-order valence-corrected chi connectivity index (χ1v) is 7.03. The van der Waals surface area contributed by atoms with E-state index in [1.54, 1.807) is 26.8 Å². The highest BCUT2D eigenvalue weighted by molar-refractivity contribution is 5.00. The fourth-order valence-corrected chi connectivity index (χ4v) is 2.51. The molecular weight excluding hydrogens is 244 g/mol. The van der Waals surface area contributed by atoms with Gasteiger partial charge in [-0.2, -0.15) is 0 Å². The van der Waals surface area contributed by atoms with Crippen LogP contribution in [0.15, 0.2) is 11.6 Å². The minimum Gasteiger partial charge on any atom is -0.392 e. The molecule has 112 valence electrons. The molecule has 0 bridgehead atoms. The van der Waals surface area contributed by atoms with Crippen molar-refractivity contribution in [1.82, 2.24) is 0 Å². The highest BCUT2D eigenvalue weighted by atomic mass is 16.5. The van der Waals surface area contributed by atoms with Crippen LogP contribution in [-0.4, -0.2) is 45.3 Å². The quantitative estimate of drug-likeness (QED) is 0.667. The minimum absolute atomic E-state index is 0.0417. The summed E-state index contributed by atoms with van der Waals surface area (Å²) in [6, 6.07) is 0. The fraction of sp³-hybridized carbons (Fsp3) is 0.867. The van der Waals surface area contributed by atoms with Crippen LogP contribution in [0, 0.1) is 0 Å². The standard InChI is InChI=1S/C15H28O4/c1-11(8-10-16)5-6-13-15(4,18)9-7-12(19-13)14(2,3)17/h8,12-13,16-18H,5-7,9-10H2,1-4H3/b11-8+/t12-,13-,15+/m0/s1. The van der Waals surface area contributed by atoms with E-state index in [4.69, 9.17) is 9.84 Å². The zero-order chi connectivity index (χ0) is 14.7. The Labute approximate surface area is 116 Å². The Hall–Kier alpha value is -0.420. The lowest BCUT2D eigenvalue weighted by Crippen LogP contribution is -2.53. The summed E-state index contributed by atoms with van der Waals surface area (Å²) in [5, 5.41) is 29.3. The van der Waals surface area contributed by atoms with Crippen LogP contribution in [0.4, 0.5) is 0 Å². The number of ether oxygens (including phenoxy) is 1. The topological polar surface area (TPSA) is 69.9 Å². The van der Waals surface area contributed by atoms with Crippen LogP contribution in [0.25, 0.3) is 0 Å². The number of hydrogen-bond donors (Lipinski definition) is 3. The Bertz CT molecular complexity index is 315. The van der Waals surface area contributed by atoms with Crippen molar-refractivity contribution in [3.05, 3.63) is 11.6 Å². The lowest BCUT2D eigenvalue weighted by atomic mass is 9.82. The third-order valence-corrected chi connectivity index (χ3v) is 3.96. The molecule has 1 saturated heterocycles. The average Bonchev–Trinajstić information content (AvgIpc) is 2.25. The van der Waals surface area contributed by atoms with Gasteiger partial charge in [0.2, 0.25) is 0 Å². The summed E-state index contributed by atoms with van der Waals surface area (Å²) in [6.07, 6.45) is 4.03. The average molecular weight is 272 g/mol. The van der Waals surface area contributed by atoms with Crippen molar-refractivity contribution in [2.75, 3.05) is 6.61 Å². The van der Waals surface area contributed by atoms with E-state index < -0.39 is 11.2 Å². The maximum atomic E-state index is 10.4. The van der Waals surface area contributed by atoms with Crippen LogP contribution in [0.3, 0.4) is 0 Å². The van der Waals surface area contributed by atoms with Crippen molar-refractivity contribution >= 4 is 0 Å². The molecule has 0 aromatic carbocycles. The predicted octanol–water partition coefficient (Wildman–Crippen LogP) is 1.77. The molecule has 0 amide bonds. The van der Waals surface area contributed by atoms with Crippen molar-refractivity contribution < 1.29 is 20.1 Å². The summed E-state index contributed by atoms with van der Waals surface area (Å²) in [7, 11) is 0. The van der Waals surface area contributed by atoms with Gasteiger partial charge in [0.15, 0.2) is 0 Å². The number of aliphatic hydroxyl groups excluding tert-OH is 1. The molecule has 0 spiro atoms. The van der Waals surface area contributed by atoms with Gasteiger partial charge in [0.05, 0.1) is 30.0 Å². The molecule has 0 unspecified atom stereocenters. The van der Waals surface area contributed by atoms with Gasteiger partial charge in [0.25, 0.3) is 0 Å². The molecule has 4 nitrogen and oxygen atoms in total. The summed E-state index contributed by atoms with van der Waals surface area (Å²) in [5.41, 5.74) is -0.640. The van der Waals surface area contributed by atoms with E-state index in [0.29, 0.717) is 19.3 Å². The third-order valence-electron chi connectivity index (χ3n) is 3.96. The second-order valence-corrected chi connectivity index (χ2v) is 6.43. The van der Waals surface area contributed by atoms with Gasteiger partial charge in [-0.05, 0) is 53.4 Å². The SMILES string of the molecule is C/C(=C\CO)CC[C@@H]1O[C@H](C(C)(C)O)CC[C@@]1(C)O. The van der Waals surface area contributed by atoms with Crippen LogP contribution >= 0.6 is 0 Å². The second-order valence-electron chi connectivity index (χ2n) is 6.43. The first-order chi connectivity index (χ1) is 8.66. The molecule has 1 fully saturated rings. The monoisotopic (exact) mass is 272 g/mol. The molecule has 1 aliphatic rings.